The Bertz CT molecular complexity index is 561. The SMILES string of the molecule is CC(C)[C@H](N)C(=O)OC[C@H](NC(=O)OCc1ccccc1)C(=O)O. The number of carboxylic acids is 1. The topological polar surface area (TPSA) is 128 Å². The Hall–Kier alpha value is -2.61. The number of benzene rings is 1. The fourth-order valence-electron chi connectivity index (χ4n) is 1.62. The molecule has 24 heavy (non-hydrogen) atoms. The first-order valence-corrected chi connectivity index (χ1v) is 7.43. The third kappa shape index (κ3) is 6.66. The van der Waals surface area contributed by atoms with Crippen molar-refractivity contribution in [3.8, 4) is 0 Å². The van der Waals surface area contributed by atoms with Crippen LogP contribution in [0, 0.1) is 5.92 Å². The van der Waals surface area contributed by atoms with Crippen molar-refractivity contribution in [1.29, 1.82) is 0 Å². The van der Waals surface area contributed by atoms with Crippen LogP contribution in [0.1, 0.15) is 19.4 Å². The molecule has 0 aromatic heterocycles. The monoisotopic (exact) mass is 338 g/mol. The second kappa shape index (κ2) is 9.51. The molecule has 0 spiro atoms. The average Bonchev–Trinajstić information content (AvgIpc) is 2.56. The molecule has 0 fully saturated rings. The number of esters is 1. The first kappa shape index (κ1) is 19.4. The number of ether oxygens (including phenoxy) is 2. The van der Waals surface area contributed by atoms with E-state index in [1.54, 1.807) is 38.1 Å². The number of rotatable bonds is 8. The molecule has 0 saturated carbocycles. The number of nitrogens with one attached hydrogen (secondary N) is 1. The van der Waals surface area contributed by atoms with Crippen molar-refractivity contribution < 1.29 is 29.0 Å². The Morgan fingerprint density at radius 1 is 1.17 bits per heavy atom. The van der Waals surface area contributed by atoms with E-state index in [4.69, 9.17) is 20.3 Å². The quantitative estimate of drug-likeness (QED) is 0.601. The van der Waals surface area contributed by atoms with Gasteiger partial charge in [-0.25, -0.2) is 9.59 Å². The van der Waals surface area contributed by atoms with E-state index < -0.39 is 36.7 Å². The van der Waals surface area contributed by atoms with Gasteiger partial charge in [0.2, 0.25) is 0 Å². The van der Waals surface area contributed by atoms with E-state index in [2.05, 4.69) is 5.32 Å². The van der Waals surface area contributed by atoms with Crippen LogP contribution in [0.25, 0.3) is 0 Å². The summed E-state index contributed by atoms with van der Waals surface area (Å²) in [4.78, 5) is 34.4. The van der Waals surface area contributed by atoms with Gasteiger partial charge >= 0.3 is 18.0 Å². The number of carbonyl (C=O) groups is 3. The molecule has 8 nitrogen and oxygen atoms in total. The Morgan fingerprint density at radius 3 is 2.33 bits per heavy atom. The highest BCUT2D eigenvalue weighted by Gasteiger charge is 2.25. The van der Waals surface area contributed by atoms with Crippen LogP contribution in [0.3, 0.4) is 0 Å². The van der Waals surface area contributed by atoms with Gasteiger partial charge in [-0.3, -0.25) is 4.79 Å². The van der Waals surface area contributed by atoms with Gasteiger partial charge in [-0.05, 0) is 11.5 Å². The van der Waals surface area contributed by atoms with Crippen LogP contribution in [-0.4, -0.2) is 41.8 Å². The summed E-state index contributed by atoms with van der Waals surface area (Å²) in [5.41, 5.74) is 6.36. The standard InChI is InChI=1S/C16H22N2O6/c1-10(2)13(17)15(21)23-9-12(14(19)20)18-16(22)24-8-11-6-4-3-5-7-11/h3-7,10,12-13H,8-9,17H2,1-2H3,(H,18,22)(H,19,20)/t12-,13-/m0/s1. The number of aliphatic carboxylic acids is 1. The summed E-state index contributed by atoms with van der Waals surface area (Å²) in [5, 5.41) is 11.2. The first-order chi connectivity index (χ1) is 11.3. The molecule has 1 rings (SSSR count). The van der Waals surface area contributed by atoms with Crippen LogP contribution in [0.15, 0.2) is 30.3 Å². The number of hydrogen-bond acceptors (Lipinski definition) is 6. The van der Waals surface area contributed by atoms with Crippen molar-refractivity contribution >= 4 is 18.0 Å². The maximum absolute atomic E-state index is 11.7. The lowest BCUT2D eigenvalue weighted by Gasteiger charge is -2.18. The number of hydrogen-bond donors (Lipinski definition) is 3. The van der Waals surface area contributed by atoms with Crippen molar-refractivity contribution in [3.05, 3.63) is 35.9 Å². The van der Waals surface area contributed by atoms with E-state index in [1.807, 2.05) is 6.07 Å². The van der Waals surface area contributed by atoms with Gasteiger partial charge in [0.15, 0.2) is 6.04 Å². The van der Waals surface area contributed by atoms with E-state index in [9.17, 15) is 14.4 Å². The molecule has 0 unspecified atom stereocenters. The predicted octanol–water partition coefficient (Wildman–Crippen LogP) is 0.893. The molecule has 4 N–H and O–H groups in total. The Kier molecular flexibility index (Phi) is 7.70. The highest BCUT2D eigenvalue weighted by atomic mass is 16.6. The van der Waals surface area contributed by atoms with Gasteiger partial charge in [0.05, 0.1) is 0 Å². The molecule has 2 atom stereocenters. The predicted molar refractivity (Wildman–Crippen MR) is 85.0 cm³/mol. The lowest BCUT2D eigenvalue weighted by atomic mass is 10.1. The third-order valence-electron chi connectivity index (χ3n) is 3.19. The van der Waals surface area contributed by atoms with Crippen LogP contribution >= 0.6 is 0 Å². The number of carbonyl (C=O) groups excluding carboxylic acids is 2. The fraction of sp³-hybridized carbons (Fsp3) is 0.438. The van der Waals surface area contributed by atoms with Gasteiger partial charge in [-0.1, -0.05) is 44.2 Å². The molecule has 0 saturated heterocycles. The van der Waals surface area contributed by atoms with E-state index in [0.717, 1.165) is 5.56 Å². The maximum atomic E-state index is 11.7. The Labute approximate surface area is 139 Å². The van der Waals surface area contributed by atoms with Crippen LogP contribution in [0.4, 0.5) is 4.79 Å². The minimum absolute atomic E-state index is 0.00295. The molecule has 0 radical (unpaired) electrons. The smallest absolute Gasteiger partial charge is 0.408 e. The normalized spacial score (nSPS) is 13.0. The van der Waals surface area contributed by atoms with E-state index >= 15 is 0 Å². The van der Waals surface area contributed by atoms with Gasteiger partial charge in [0.25, 0.3) is 0 Å². The third-order valence-corrected chi connectivity index (χ3v) is 3.19. The first-order valence-electron chi connectivity index (χ1n) is 7.43. The second-order valence-corrected chi connectivity index (χ2v) is 5.50. The maximum Gasteiger partial charge on any atom is 0.408 e. The zero-order valence-corrected chi connectivity index (χ0v) is 13.6. The van der Waals surface area contributed by atoms with E-state index in [1.165, 1.54) is 0 Å². The molecule has 0 aliphatic heterocycles. The van der Waals surface area contributed by atoms with Gasteiger partial charge in [-0.2, -0.15) is 0 Å². The second-order valence-electron chi connectivity index (χ2n) is 5.50. The number of carboxylic acid groups (broad SMARTS) is 1. The van der Waals surface area contributed by atoms with Gasteiger partial charge < -0.3 is 25.6 Å². The van der Waals surface area contributed by atoms with Gasteiger partial charge in [0, 0.05) is 0 Å². The molecule has 8 heteroatoms. The summed E-state index contributed by atoms with van der Waals surface area (Å²) in [6.45, 7) is 2.94. The largest absolute Gasteiger partial charge is 0.480 e. The summed E-state index contributed by atoms with van der Waals surface area (Å²) >= 11 is 0. The van der Waals surface area contributed by atoms with Gasteiger partial charge in [-0.15, -0.1) is 0 Å². The lowest BCUT2D eigenvalue weighted by molar-refractivity contribution is -0.150. The summed E-state index contributed by atoms with van der Waals surface area (Å²) in [7, 11) is 0. The fourth-order valence-corrected chi connectivity index (χ4v) is 1.62. The Balaban J connectivity index is 2.46. The van der Waals surface area contributed by atoms with Gasteiger partial charge in [0.1, 0.15) is 19.3 Å². The van der Waals surface area contributed by atoms with Crippen LogP contribution in [-0.2, 0) is 25.7 Å². The molecule has 1 amide bonds. The van der Waals surface area contributed by atoms with Crippen LogP contribution < -0.4 is 11.1 Å². The Morgan fingerprint density at radius 2 is 1.79 bits per heavy atom. The highest BCUT2D eigenvalue weighted by Crippen LogP contribution is 2.03. The zero-order valence-electron chi connectivity index (χ0n) is 13.6. The molecule has 0 heterocycles. The number of nitrogens with two attached hydrogens (primary N) is 1. The highest BCUT2D eigenvalue weighted by molar-refractivity contribution is 5.81. The average molecular weight is 338 g/mol. The lowest BCUT2D eigenvalue weighted by Crippen LogP contribution is -2.46. The van der Waals surface area contributed by atoms with Crippen molar-refractivity contribution in [3.63, 3.8) is 0 Å². The minimum Gasteiger partial charge on any atom is -0.480 e. The van der Waals surface area contributed by atoms with Crippen LogP contribution in [0.5, 0.6) is 0 Å². The summed E-state index contributed by atoms with van der Waals surface area (Å²) < 4.78 is 9.76. The summed E-state index contributed by atoms with van der Waals surface area (Å²) in [6.07, 6.45) is -0.921. The van der Waals surface area contributed by atoms with E-state index in [0.29, 0.717) is 0 Å². The summed E-state index contributed by atoms with van der Waals surface area (Å²) in [5.74, 6) is -2.22. The summed E-state index contributed by atoms with van der Waals surface area (Å²) in [6, 6.07) is 6.64. The van der Waals surface area contributed by atoms with Crippen molar-refractivity contribution in [1.82, 2.24) is 5.32 Å². The molecular formula is C16H22N2O6. The molecule has 0 aliphatic carbocycles. The molecule has 1 aromatic carbocycles. The molecular weight excluding hydrogens is 316 g/mol. The van der Waals surface area contributed by atoms with E-state index in [-0.39, 0.29) is 12.5 Å². The molecule has 132 valence electrons. The van der Waals surface area contributed by atoms with Crippen molar-refractivity contribution in [2.24, 2.45) is 11.7 Å². The number of alkyl carbamates (subject to hydrolysis) is 1. The molecule has 1 aromatic rings. The number of amides is 1. The molecule has 0 bridgehead atoms. The zero-order chi connectivity index (χ0) is 18.1. The van der Waals surface area contributed by atoms with Crippen molar-refractivity contribution in [2.75, 3.05) is 6.61 Å². The minimum atomic E-state index is -1.42. The van der Waals surface area contributed by atoms with Crippen LogP contribution in [0.2, 0.25) is 0 Å². The van der Waals surface area contributed by atoms with Crippen molar-refractivity contribution in [2.45, 2.75) is 32.5 Å². The molecule has 0 aliphatic rings.